The fourth-order valence-electron chi connectivity index (χ4n) is 2.97. The predicted octanol–water partition coefficient (Wildman–Crippen LogP) is 3.74. The van der Waals surface area contributed by atoms with Gasteiger partial charge in [-0.1, -0.05) is 60.5 Å². The molecular formula is C21H25ClN2O2. The number of hydrogen-bond acceptors (Lipinski definition) is 2. The standard InChI is InChI=1S/C21H25ClN2O2/c1-4-19(21(26)23-3)24(14-17-7-5-6-15(2)12-17)20(25)13-16-8-10-18(22)11-9-16/h5-12,19H,4,13-14H2,1-3H3,(H,23,26)/t19-/m1/s1. The molecule has 4 nitrogen and oxygen atoms in total. The Kier molecular flexibility index (Phi) is 7.22. The molecule has 2 aromatic rings. The van der Waals surface area contributed by atoms with Crippen molar-refractivity contribution in [3.63, 3.8) is 0 Å². The van der Waals surface area contributed by atoms with Crippen molar-refractivity contribution in [2.24, 2.45) is 0 Å². The van der Waals surface area contributed by atoms with Gasteiger partial charge in [0.25, 0.3) is 0 Å². The number of rotatable bonds is 7. The third kappa shape index (κ3) is 5.33. The van der Waals surface area contributed by atoms with Crippen LogP contribution in [-0.2, 0) is 22.6 Å². The van der Waals surface area contributed by atoms with Crippen molar-refractivity contribution in [2.75, 3.05) is 7.05 Å². The summed E-state index contributed by atoms with van der Waals surface area (Å²) in [6.07, 6.45) is 0.786. The minimum absolute atomic E-state index is 0.0794. The number of amides is 2. The van der Waals surface area contributed by atoms with E-state index in [1.807, 2.05) is 50.2 Å². The quantitative estimate of drug-likeness (QED) is 0.804. The number of nitrogens with zero attached hydrogens (tertiary/aromatic N) is 1. The zero-order valence-electron chi connectivity index (χ0n) is 15.5. The fourth-order valence-corrected chi connectivity index (χ4v) is 3.10. The molecule has 0 fully saturated rings. The summed E-state index contributed by atoms with van der Waals surface area (Å²) in [4.78, 5) is 27.0. The first-order chi connectivity index (χ1) is 12.4. The number of benzene rings is 2. The summed E-state index contributed by atoms with van der Waals surface area (Å²) in [6, 6.07) is 14.7. The molecule has 1 atom stereocenters. The lowest BCUT2D eigenvalue weighted by molar-refractivity contribution is -0.140. The number of halogens is 1. The van der Waals surface area contributed by atoms with Gasteiger partial charge < -0.3 is 10.2 Å². The third-order valence-electron chi connectivity index (χ3n) is 4.34. The van der Waals surface area contributed by atoms with Crippen molar-refractivity contribution in [1.29, 1.82) is 0 Å². The largest absolute Gasteiger partial charge is 0.357 e. The van der Waals surface area contributed by atoms with Crippen molar-refractivity contribution >= 4 is 23.4 Å². The van der Waals surface area contributed by atoms with Crippen molar-refractivity contribution in [1.82, 2.24) is 10.2 Å². The Labute approximate surface area is 160 Å². The van der Waals surface area contributed by atoms with Gasteiger partial charge in [0.05, 0.1) is 6.42 Å². The van der Waals surface area contributed by atoms with Crippen molar-refractivity contribution in [3.05, 3.63) is 70.2 Å². The Bertz CT molecular complexity index is 759. The molecule has 138 valence electrons. The lowest BCUT2D eigenvalue weighted by atomic mass is 10.1. The van der Waals surface area contributed by atoms with Crippen molar-refractivity contribution in [3.8, 4) is 0 Å². The Morgan fingerprint density at radius 1 is 1.12 bits per heavy atom. The monoisotopic (exact) mass is 372 g/mol. The number of aryl methyl sites for hydroxylation is 1. The molecule has 26 heavy (non-hydrogen) atoms. The van der Waals surface area contributed by atoms with E-state index in [2.05, 4.69) is 5.32 Å². The summed E-state index contributed by atoms with van der Waals surface area (Å²) in [5.41, 5.74) is 3.01. The third-order valence-corrected chi connectivity index (χ3v) is 4.59. The van der Waals surface area contributed by atoms with Gasteiger partial charge in [0.15, 0.2) is 0 Å². The normalized spacial score (nSPS) is 11.7. The van der Waals surface area contributed by atoms with Crippen molar-refractivity contribution in [2.45, 2.75) is 39.3 Å². The summed E-state index contributed by atoms with van der Waals surface area (Å²) >= 11 is 5.92. The molecule has 0 spiro atoms. The second kappa shape index (κ2) is 9.39. The zero-order valence-corrected chi connectivity index (χ0v) is 16.2. The molecule has 0 saturated carbocycles. The number of nitrogens with one attached hydrogen (secondary N) is 1. The highest BCUT2D eigenvalue weighted by Crippen LogP contribution is 2.16. The molecule has 0 bridgehead atoms. The molecule has 5 heteroatoms. The predicted molar refractivity (Wildman–Crippen MR) is 105 cm³/mol. The van der Waals surface area contributed by atoms with Crippen LogP contribution >= 0.6 is 11.6 Å². The summed E-state index contributed by atoms with van der Waals surface area (Å²) in [7, 11) is 1.60. The minimum Gasteiger partial charge on any atom is -0.357 e. The molecule has 0 heterocycles. The molecule has 0 aromatic heterocycles. The second-order valence-electron chi connectivity index (χ2n) is 6.35. The Morgan fingerprint density at radius 3 is 2.38 bits per heavy atom. The maximum absolute atomic E-state index is 13.0. The van der Waals surface area contributed by atoms with E-state index < -0.39 is 6.04 Å². The van der Waals surface area contributed by atoms with Gasteiger partial charge in [-0.3, -0.25) is 9.59 Å². The van der Waals surface area contributed by atoms with E-state index in [-0.39, 0.29) is 18.2 Å². The highest BCUT2D eigenvalue weighted by Gasteiger charge is 2.27. The van der Waals surface area contributed by atoms with Gasteiger partial charge in [0.1, 0.15) is 6.04 Å². The molecule has 0 aliphatic carbocycles. The molecular weight excluding hydrogens is 348 g/mol. The fraction of sp³-hybridized carbons (Fsp3) is 0.333. The first-order valence-corrected chi connectivity index (χ1v) is 9.13. The zero-order chi connectivity index (χ0) is 19.1. The lowest BCUT2D eigenvalue weighted by Gasteiger charge is -2.30. The molecule has 2 amide bonds. The maximum Gasteiger partial charge on any atom is 0.242 e. The van der Waals surface area contributed by atoms with Crippen LogP contribution in [0.4, 0.5) is 0 Å². The van der Waals surface area contributed by atoms with Crippen LogP contribution in [0.5, 0.6) is 0 Å². The smallest absolute Gasteiger partial charge is 0.242 e. The summed E-state index contributed by atoms with van der Waals surface area (Å²) in [5.74, 6) is -0.228. The van der Waals surface area contributed by atoms with Gasteiger partial charge >= 0.3 is 0 Å². The number of likely N-dealkylation sites (N-methyl/N-ethyl adjacent to an activating group) is 1. The van der Waals surface area contributed by atoms with Crippen LogP contribution in [0.25, 0.3) is 0 Å². The Hall–Kier alpha value is -2.33. The van der Waals surface area contributed by atoms with E-state index in [0.29, 0.717) is 18.0 Å². The molecule has 0 aliphatic rings. The molecule has 0 saturated heterocycles. The van der Waals surface area contributed by atoms with Crippen LogP contribution in [0.3, 0.4) is 0 Å². The van der Waals surface area contributed by atoms with Gasteiger partial charge in [-0.2, -0.15) is 0 Å². The SMILES string of the molecule is CC[C@H](C(=O)NC)N(Cc1cccc(C)c1)C(=O)Cc1ccc(Cl)cc1. The summed E-state index contributed by atoms with van der Waals surface area (Å²) in [5, 5.41) is 3.30. The first-order valence-electron chi connectivity index (χ1n) is 8.75. The van der Waals surface area contributed by atoms with Gasteiger partial charge in [0, 0.05) is 18.6 Å². The minimum atomic E-state index is -0.500. The van der Waals surface area contributed by atoms with Crippen LogP contribution < -0.4 is 5.32 Å². The number of carbonyl (C=O) groups excluding carboxylic acids is 2. The van der Waals surface area contributed by atoms with Crippen LogP contribution in [-0.4, -0.2) is 29.8 Å². The van der Waals surface area contributed by atoms with E-state index in [1.165, 1.54) is 0 Å². The number of carbonyl (C=O) groups is 2. The van der Waals surface area contributed by atoms with Crippen LogP contribution in [0, 0.1) is 6.92 Å². The lowest BCUT2D eigenvalue weighted by Crippen LogP contribution is -2.48. The topological polar surface area (TPSA) is 49.4 Å². The molecule has 1 N–H and O–H groups in total. The highest BCUT2D eigenvalue weighted by atomic mass is 35.5. The van der Waals surface area contributed by atoms with Crippen LogP contribution in [0.2, 0.25) is 5.02 Å². The van der Waals surface area contributed by atoms with E-state index >= 15 is 0 Å². The second-order valence-corrected chi connectivity index (χ2v) is 6.79. The Balaban J connectivity index is 2.27. The first kappa shape index (κ1) is 20.0. The van der Waals surface area contributed by atoms with E-state index in [1.54, 1.807) is 24.1 Å². The van der Waals surface area contributed by atoms with E-state index in [9.17, 15) is 9.59 Å². The average molecular weight is 373 g/mol. The summed E-state index contributed by atoms with van der Waals surface area (Å²) in [6.45, 7) is 4.33. The molecule has 0 unspecified atom stereocenters. The van der Waals surface area contributed by atoms with Gasteiger partial charge in [-0.05, 0) is 36.6 Å². The van der Waals surface area contributed by atoms with E-state index in [0.717, 1.165) is 16.7 Å². The molecule has 2 aromatic carbocycles. The van der Waals surface area contributed by atoms with Gasteiger partial charge in [-0.25, -0.2) is 0 Å². The average Bonchev–Trinajstić information content (AvgIpc) is 2.63. The molecule has 0 radical (unpaired) electrons. The molecule has 2 rings (SSSR count). The molecule has 0 aliphatic heterocycles. The van der Waals surface area contributed by atoms with Crippen LogP contribution in [0.15, 0.2) is 48.5 Å². The van der Waals surface area contributed by atoms with E-state index in [4.69, 9.17) is 11.6 Å². The van der Waals surface area contributed by atoms with Gasteiger partial charge in [-0.15, -0.1) is 0 Å². The Morgan fingerprint density at radius 2 is 1.81 bits per heavy atom. The van der Waals surface area contributed by atoms with Gasteiger partial charge in [0.2, 0.25) is 11.8 Å². The highest BCUT2D eigenvalue weighted by molar-refractivity contribution is 6.30. The van der Waals surface area contributed by atoms with Crippen molar-refractivity contribution < 1.29 is 9.59 Å². The number of hydrogen-bond donors (Lipinski definition) is 1. The van der Waals surface area contributed by atoms with Crippen LogP contribution in [0.1, 0.15) is 30.0 Å². The maximum atomic E-state index is 13.0. The summed E-state index contributed by atoms with van der Waals surface area (Å²) < 4.78 is 0.